The number of hydrogen-bond donors (Lipinski definition) is 0. The summed E-state index contributed by atoms with van der Waals surface area (Å²) >= 11 is 0. The van der Waals surface area contributed by atoms with E-state index in [1.165, 1.54) is 218 Å². The molecule has 0 aromatic rings. The number of hydrogen-bond acceptors (Lipinski definition) is 3. The highest BCUT2D eigenvalue weighted by Gasteiger charge is 2.33. The Morgan fingerprint density at radius 2 is 0.603 bits per heavy atom. The molecule has 0 N–H and O–H groups in total. The molecule has 0 heterocycles. The normalized spacial score (nSPS) is 15.2. The molecule has 0 aromatic carbocycles. The standard InChI is InChI=1S/C53H100N2O3/c1-3-5-7-9-11-13-15-17-19-21-23-25-27-29-31-39-45-54(46-40-32-30-28-26-24-22-20-18-16-14-12-10-8-6-4-2)52(57)47-51(56)48-53(58)55(49-41-35-33-36-42-49)50-43-37-34-38-44-50/h49-50H,3-48H2,1-2H3. The van der Waals surface area contributed by atoms with Crippen LogP contribution in [-0.2, 0) is 14.4 Å². The van der Waals surface area contributed by atoms with Crippen molar-refractivity contribution in [3.8, 4) is 0 Å². The minimum absolute atomic E-state index is 0.00115. The van der Waals surface area contributed by atoms with E-state index in [-0.39, 0.29) is 42.5 Å². The molecule has 5 nitrogen and oxygen atoms in total. The SMILES string of the molecule is CCCCCCCCCCCCCCCCCCN(CCCCCCCCCCCCCCCCCC)C(=O)CC(=O)CC(=O)N(C1CCCCC1)C1CCCCC1. The Labute approximate surface area is 362 Å². The van der Waals surface area contributed by atoms with E-state index in [2.05, 4.69) is 18.7 Å². The molecule has 0 unspecified atom stereocenters. The van der Waals surface area contributed by atoms with Crippen molar-refractivity contribution in [1.82, 2.24) is 9.80 Å². The van der Waals surface area contributed by atoms with Crippen LogP contribution in [0.1, 0.15) is 296 Å². The summed E-state index contributed by atoms with van der Waals surface area (Å²) in [4.78, 5) is 45.0. The van der Waals surface area contributed by atoms with Crippen LogP contribution in [-0.4, -0.2) is 52.6 Å². The lowest BCUT2D eigenvalue weighted by Gasteiger charge is -2.41. The number of carbonyl (C=O) groups excluding carboxylic acids is 3. The molecule has 5 heteroatoms. The van der Waals surface area contributed by atoms with Gasteiger partial charge < -0.3 is 9.80 Å². The minimum atomic E-state index is -0.171. The Bertz CT molecular complexity index is 901. The van der Waals surface area contributed by atoms with Crippen molar-refractivity contribution in [2.24, 2.45) is 0 Å². The lowest BCUT2D eigenvalue weighted by atomic mass is 9.88. The van der Waals surface area contributed by atoms with Crippen molar-refractivity contribution < 1.29 is 14.4 Å². The third-order valence-corrected chi connectivity index (χ3v) is 13.8. The van der Waals surface area contributed by atoms with Crippen LogP contribution in [0.4, 0.5) is 0 Å². The van der Waals surface area contributed by atoms with Gasteiger partial charge in [0.15, 0.2) is 5.78 Å². The monoisotopic (exact) mass is 813 g/mol. The van der Waals surface area contributed by atoms with Crippen molar-refractivity contribution in [2.75, 3.05) is 13.1 Å². The molecule has 0 aliphatic heterocycles. The topological polar surface area (TPSA) is 57.7 Å². The van der Waals surface area contributed by atoms with Crippen LogP contribution in [0.2, 0.25) is 0 Å². The summed E-state index contributed by atoms with van der Waals surface area (Å²) in [6.07, 6.45) is 54.2. The molecule has 2 amide bonds. The molecule has 0 radical (unpaired) electrons. The maximum absolute atomic E-state index is 13.8. The van der Waals surface area contributed by atoms with Crippen molar-refractivity contribution in [3.05, 3.63) is 0 Å². The molecular weight excluding hydrogens is 713 g/mol. The first kappa shape index (κ1) is 52.7. The van der Waals surface area contributed by atoms with E-state index in [9.17, 15) is 14.4 Å². The molecular formula is C53H100N2O3. The first-order valence-corrected chi connectivity index (χ1v) is 26.7. The van der Waals surface area contributed by atoms with Gasteiger partial charge >= 0.3 is 0 Å². The molecule has 2 saturated carbocycles. The maximum atomic E-state index is 13.8. The first-order valence-electron chi connectivity index (χ1n) is 26.7. The van der Waals surface area contributed by atoms with Gasteiger partial charge in [-0.1, -0.05) is 245 Å². The Balaban J connectivity index is 1.69. The van der Waals surface area contributed by atoms with Crippen LogP contribution in [0.15, 0.2) is 0 Å². The zero-order valence-electron chi connectivity index (χ0n) is 39.3. The molecule has 2 aliphatic carbocycles. The van der Waals surface area contributed by atoms with Crippen LogP contribution < -0.4 is 0 Å². The van der Waals surface area contributed by atoms with Gasteiger partial charge in [-0.15, -0.1) is 0 Å². The number of carbonyl (C=O) groups is 3. The fraction of sp³-hybridized carbons (Fsp3) is 0.943. The largest absolute Gasteiger partial charge is 0.342 e. The second kappa shape index (κ2) is 38.5. The predicted molar refractivity (Wildman–Crippen MR) is 251 cm³/mol. The Kier molecular flexibility index (Phi) is 35.0. The zero-order valence-corrected chi connectivity index (χ0v) is 39.3. The van der Waals surface area contributed by atoms with E-state index >= 15 is 0 Å². The zero-order chi connectivity index (χ0) is 41.6. The van der Waals surface area contributed by atoms with Crippen molar-refractivity contribution in [2.45, 2.75) is 308 Å². The quantitative estimate of drug-likeness (QED) is 0.0457. The summed E-state index contributed by atoms with van der Waals surface area (Å²) in [7, 11) is 0. The van der Waals surface area contributed by atoms with Gasteiger partial charge in [-0.2, -0.15) is 0 Å². The molecule has 2 fully saturated rings. The molecule has 2 aliphatic rings. The third-order valence-electron chi connectivity index (χ3n) is 13.8. The number of rotatable bonds is 40. The van der Waals surface area contributed by atoms with Gasteiger partial charge in [0.2, 0.25) is 11.8 Å². The predicted octanol–water partition coefficient (Wildman–Crippen LogP) is 16.2. The van der Waals surface area contributed by atoms with Crippen LogP contribution >= 0.6 is 0 Å². The molecule has 0 atom stereocenters. The lowest BCUT2D eigenvalue weighted by molar-refractivity contribution is -0.142. The number of Topliss-reactive ketones (excluding diaryl/α,β-unsaturated/α-hetero) is 1. The van der Waals surface area contributed by atoms with E-state index in [1.54, 1.807) is 0 Å². The van der Waals surface area contributed by atoms with Crippen LogP contribution in [0.25, 0.3) is 0 Å². The molecule has 0 saturated heterocycles. The maximum Gasteiger partial charge on any atom is 0.230 e. The highest BCUT2D eigenvalue weighted by atomic mass is 16.2. The van der Waals surface area contributed by atoms with Crippen molar-refractivity contribution >= 4 is 17.6 Å². The first-order chi connectivity index (χ1) is 28.6. The van der Waals surface area contributed by atoms with Gasteiger partial charge in [-0.3, -0.25) is 14.4 Å². The average Bonchev–Trinajstić information content (AvgIpc) is 3.23. The van der Waals surface area contributed by atoms with E-state index in [0.29, 0.717) is 0 Å². The average molecular weight is 813 g/mol. The number of ketones is 1. The van der Waals surface area contributed by atoms with Crippen LogP contribution in [0.3, 0.4) is 0 Å². The van der Waals surface area contributed by atoms with E-state index in [0.717, 1.165) is 64.5 Å². The van der Waals surface area contributed by atoms with Crippen LogP contribution in [0, 0.1) is 0 Å². The van der Waals surface area contributed by atoms with E-state index in [4.69, 9.17) is 0 Å². The Hall–Kier alpha value is -1.39. The summed E-state index contributed by atoms with van der Waals surface area (Å²) in [5.41, 5.74) is 0. The fourth-order valence-electron chi connectivity index (χ4n) is 10.1. The van der Waals surface area contributed by atoms with Gasteiger partial charge in [0.05, 0.1) is 12.8 Å². The molecule has 2 rings (SSSR count). The molecule has 0 bridgehead atoms. The minimum Gasteiger partial charge on any atom is -0.342 e. The molecule has 0 spiro atoms. The summed E-state index contributed by atoms with van der Waals surface area (Å²) in [6.45, 7) is 6.10. The van der Waals surface area contributed by atoms with E-state index < -0.39 is 0 Å². The fourth-order valence-corrected chi connectivity index (χ4v) is 10.1. The lowest BCUT2D eigenvalue weighted by Crippen LogP contribution is -2.49. The molecule has 340 valence electrons. The molecule has 58 heavy (non-hydrogen) atoms. The smallest absolute Gasteiger partial charge is 0.230 e. The second-order valence-corrected chi connectivity index (χ2v) is 19.3. The summed E-state index contributed by atoms with van der Waals surface area (Å²) in [5.74, 6) is -0.212. The number of nitrogens with zero attached hydrogens (tertiary/aromatic N) is 2. The van der Waals surface area contributed by atoms with Crippen LogP contribution in [0.5, 0.6) is 0 Å². The van der Waals surface area contributed by atoms with Gasteiger partial charge in [0.1, 0.15) is 0 Å². The van der Waals surface area contributed by atoms with Crippen molar-refractivity contribution in [3.63, 3.8) is 0 Å². The van der Waals surface area contributed by atoms with Gasteiger partial charge in [0, 0.05) is 25.2 Å². The van der Waals surface area contributed by atoms with Crippen molar-refractivity contribution in [1.29, 1.82) is 0 Å². The molecule has 0 aromatic heterocycles. The summed E-state index contributed by atoms with van der Waals surface area (Å²) < 4.78 is 0. The number of amides is 2. The van der Waals surface area contributed by atoms with Gasteiger partial charge in [0.25, 0.3) is 0 Å². The Morgan fingerprint density at radius 3 is 0.897 bits per heavy atom. The summed E-state index contributed by atoms with van der Waals surface area (Å²) in [5, 5.41) is 0. The summed E-state index contributed by atoms with van der Waals surface area (Å²) in [6, 6.07) is 0.573. The third kappa shape index (κ3) is 28.2. The highest BCUT2D eigenvalue weighted by molar-refractivity contribution is 6.06. The highest BCUT2D eigenvalue weighted by Crippen LogP contribution is 2.31. The van der Waals surface area contributed by atoms with Gasteiger partial charge in [-0.05, 0) is 38.5 Å². The van der Waals surface area contributed by atoms with E-state index in [1.807, 2.05) is 4.90 Å². The Morgan fingerprint density at radius 1 is 0.345 bits per heavy atom. The second-order valence-electron chi connectivity index (χ2n) is 19.3. The van der Waals surface area contributed by atoms with Gasteiger partial charge in [-0.25, -0.2) is 0 Å². The number of unbranched alkanes of at least 4 members (excludes halogenated alkanes) is 30.